The Morgan fingerprint density at radius 3 is 1.33 bits per heavy atom. The smallest absolute Gasteiger partial charge is 0.248 e. The summed E-state index contributed by atoms with van der Waals surface area (Å²) >= 11 is 3.47. The second-order valence-corrected chi connectivity index (χ2v) is 34.0. The summed E-state index contributed by atoms with van der Waals surface area (Å²) in [6.45, 7) is 2.07. The Bertz CT molecular complexity index is 8830. The number of rotatable bonds is 16. The number of aromatic nitrogens is 24. The third kappa shape index (κ3) is 18.3. The highest BCUT2D eigenvalue weighted by Gasteiger charge is 2.30. The van der Waals surface area contributed by atoms with Gasteiger partial charge in [-0.3, -0.25) is 49.3 Å². The van der Waals surface area contributed by atoms with Crippen LogP contribution in [0.3, 0.4) is 0 Å². The third-order valence-corrected chi connectivity index (χ3v) is 24.3. The monoisotopic (exact) mass is 1960 g/mol. The average molecular weight is 1960 g/mol. The number of nitrogen functional groups attached to an aromatic ring is 1. The van der Waals surface area contributed by atoms with Crippen molar-refractivity contribution in [2.75, 3.05) is 27.1 Å². The van der Waals surface area contributed by atoms with Crippen molar-refractivity contribution in [3.05, 3.63) is 312 Å². The van der Waals surface area contributed by atoms with Crippen LogP contribution in [0.2, 0.25) is 0 Å². The van der Waals surface area contributed by atoms with Crippen molar-refractivity contribution in [2.24, 2.45) is 31.9 Å². The highest BCUT2D eigenvalue weighted by molar-refractivity contribution is 9.10. The van der Waals surface area contributed by atoms with Crippen molar-refractivity contribution in [1.29, 1.82) is 0 Å². The summed E-state index contributed by atoms with van der Waals surface area (Å²) in [6, 6.07) is 89.3. The first kappa shape index (κ1) is 91.3. The number of aromatic amines is 9. The SMILES string of the molecule is COc1c(-c2ccccc2)nn(C)c1-c1nc2ccc(C)cc2[nH]1.COc1ccc2nc(-c3c(OC)c(-c4ccccc4)nn3C)[nH]c2c1.Cn1nc(-c2ccccc2)c(O)c1-c1nc2ccc(O)cc2[nH]1.NC(=O)c1ccc2nc(-c3[nH]nc(-c4ccccc4)c3O)[nH]c2c1.Nc1[nH][nH]c2cc3nc(-c4[nH]nc(-c5ccccc5)c4O)nc3cc12.Oc1c(-c2ccccc2)n[nH]c1C1=Nc2ccc(Br)cc2C1. The van der Waals surface area contributed by atoms with Crippen molar-refractivity contribution in [1.82, 2.24) is 120 Å². The van der Waals surface area contributed by atoms with Crippen LogP contribution in [0.1, 0.15) is 27.2 Å². The molecule has 12 aromatic carbocycles. The minimum Gasteiger partial charge on any atom is -0.508 e. The molecule has 25 rings (SSSR count). The van der Waals surface area contributed by atoms with Crippen LogP contribution in [0.15, 0.2) is 295 Å². The van der Waals surface area contributed by atoms with Gasteiger partial charge in [0.2, 0.25) is 5.91 Å². The topological polar surface area (TPSA) is 522 Å². The number of methoxy groups -OCH3 is 3. The Morgan fingerprint density at radius 2 is 0.804 bits per heavy atom. The number of phenols is 1. The van der Waals surface area contributed by atoms with Gasteiger partial charge in [0, 0.05) is 88.5 Å². The lowest BCUT2D eigenvalue weighted by Gasteiger charge is -2.03. The molecule has 37 heteroatoms. The number of hydrogen-bond donors (Lipinski definition) is 16. The van der Waals surface area contributed by atoms with Gasteiger partial charge in [-0.05, 0) is 103 Å². The molecular weight excluding hydrogens is 1880 g/mol. The van der Waals surface area contributed by atoms with Crippen LogP contribution in [0, 0.1) is 6.92 Å². The van der Waals surface area contributed by atoms with E-state index in [4.69, 9.17) is 30.7 Å². The van der Waals surface area contributed by atoms with E-state index in [1.165, 1.54) is 5.56 Å². The molecule has 708 valence electrons. The molecule has 143 heavy (non-hydrogen) atoms. The zero-order valence-corrected chi connectivity index (χ0v) is 79.0. The van der Waals surface area contributed by atoms with Crippen molar-refractivity contribution < 1.29 is 44.5 Å². The molecule has 0 spiro atoms. The van der Waals surface area contributed by atoms with Crippen molar-refractivity contribution in [3.63, 3.8) is 0 Å². The number of amides is 1. The lowest BCUT2D eigenvalue weighted by molar-refractivity contribution is 0.1000. The Balaban J connectivity index is 0.000000105. The van der Waals surface area contributed by atoms with Crippen molar-refractivity contribution in [2.45, 2.75) is 13.3 Å². The second-order valence-electron chi connectivity index (χ2n) is 33.1. The summed E-state index contributed by atoms with van der Waals surface area (Å²) < 4.78 is 22.9. The molecule has 36 nitrogen and oxygen atoms in total. The van der Waals surface area contributed by atoms with Gasteiger partial charge < -0.3 is 71.1 Å². The minimum absolute atomic E-state index is 0.00961. The van der Waals surface area contributed by atoms with Gasteiger partial charge in [-0.15, -0.1) is 0 Å². The molecular formula is C106H88BrN27O9. The molecule has 0 saturated carbocycles. The molecule has 13 heterocycles. The molecule has 18 N–H and O–H groups in total. The van der Waals surface area contributed by atoms with Gasteiger partial charge in [0.25, 0.3) is 0 Å². The normalized spacial score (nSPS) is 11.5. The first-order valence-corrected chi connectivity index (χ1v) is 45.5. The number of imidazole rings is 5. The number of H-pyrrole nitrogens is 9. The molecule has 0 unspecified atom stereocenters. The molecule has 0 saturated heterocycles. The lowest BCUT2D eigenvalue weighted by atomic mass is 10.1. The number of carbonyl (C=O) groups is 1. The van der Waals surface area contributed by atoms with Crippen LogP contribution < -0.4 is 25.7 Å². The minimum atomic E-state index is -0.510. The highest BCUT2D eigenvalue weighted by atomic mass is 79.9. The Hall–Kier alpha value is -19.5. The zero-order chi connectivity index (χ0) is 98.8. The number of fused-ring (bicyclic) bond motifs is 7. The molecule has 24 aromatic rings. The molecule has 1 aliphatic rings. The van der Waals surface area contributed by atoms with E-state index in [2.05, 4.69) is 147 Å². The van der Waals surface area contributed by atoms with Crippen LogP contribution in [0.25, 0.3) is 191 Å². The molecule has 0 atom stereocenters. The molecule has 12 aromatic heterocycles. The molecule has 0 aliphatic carbocycles. The maximum absolute atomic E-state index is 11.3. The predicted octanol–water partition coefficient (Wildman–Crippen LogP) is 20.1. The summed E-state index contributed by atoms with van der Waals surface area (Å²) in [4.78, 5) is 56.0. The van der Waals surface area contributed by atoms with E-state index >= 15 is 0 Å². The number of nitrogens with one attached hydrogen (secondary N) is 9. The second kappa shape index (κ2) is 39.0. The number of phenolic OH excluding ortho intramolecular Hbond substituents is 1. The van der Waals surface area contributed by atoms with Crippen LogP contribution >= 0.6 is 15.9 Å². The van der Waals surface area contributed by atoms with Gasteiger partial charge in [-0.2, -0.15) is 30.6 Å². The van der Waals surface area contributed by atoms with Crippen LogP contribution in [0.5, 0.6) is 46.0 Å². The number of ether oxygens (including phenoxy) is 3. The number of aromatic hydroxyl groups is 5. The van der Waals surface area contributed by atoms with E-state index in [-0.39, 0.29) is 28.7 Å². The van der Waals surface area contributed by atoms with E-state index in [9.17, 15) is 30.3 Å². The molecule has 1 aliphatic heterocycles. The Kier molecular flexibility index (Phi) is 24.9. The largest absolute Gasteiger partial charge is 0.508 e. The average Bonchev–Trinajstić information content (AvgIpc) is 1.63. The number of nitrogens with zero attached hydrogens (tertiary/aromatic N) is 16. The zero-order valence-electron chi connectivity index (χ0n) is 77.4. The van der Waals surface area contributed by atoms with E-state index in [0.29, 0.717) is 126 Å². The summed E-state index contributed by atoms with van der Waals surface area (Å²) in [5, 5.41) is 93.2. The third-order valence-electron chi connectivity index (χ3n) is 23.8. The number of aryl methyl sites for hydroxylation is 4. The number of anilines is 1. The standard InChI is InChI=1S/C19H18N4O2.C19H18N4O.C17H12BrN3O.C17H13N7O.C17H13N5O2.C17H14N4O2/c1-23-17(18(25-3)16(22-23)12-7-5-4-6-8-12)19-20-14-10-9-13(24-2)11-15(14)21-19;1-12-9-10-14-15(11-12)21-19(20-14)17-18(24-3)16(22-23(17)2)13-7-5-4-6-8-13;18-12-6-7-13-11(8-12)9-14(19-13)16-17(22)15(20-21-16)10-4-2-1-3-5-10;18-16-9-6-11-12(7-10(9)21-24-16)20-17(19-11)14-15(25)13(22-23-14)8-4-2-1-3-5-8;18-16(24)10-6-7-11-12(8-10)20-17(19-11)14-15(23)13(21-22-14)9-4-2-1-3-5-9;1-21-15(16(23)14(20-21)10-5-3-2-4-6-10)17-18-12-8-7-11(22)9-13(12)19-17/h4-11H,1-3H3,(H,20,21);4-11H,1-3H3,(H,20,21);1-8,22H,9H2,(H,20,21);1-7,21,24-25H,18H2,(H,22,23);1-8,23H,(H2,18,24)(H,19,20)(H,21,22);2-9,22-23H,1H3,(H,18,19). The molecule has 1 amide bonds. The molecule has 0 radical (unpaired) electrons. The molecule has 0 bridgehead atoms. The number of primary amides is 1. The first-order chi connectivity index (χ1) is 69.6. The fraction of sp³-hybridized carbons (Fsp3) is 0.0755. The fourth-order valence-electron chi connectivity index (χ4n) is 16.8. The van der Waals surface area contributed by atoms with Gasteiger partial charge in [0.1, 0.15) is 85.6 Å². The van der Waals surface area contributed by atoms with Gasteiger partial charge >= 0.3 is 0 Å². The first-order valence-electron chi connectivity index (χ1n) is 44.7. The van der Waals surface area contributed by atoms with Crippen LogP contribution in [-0.4, -0.2) is 178 Å². The summed E-state index contributed by atoms with van der Waals surface area (Å²) in [7, 11) is 10.5. The summed E-state index contributed by atoms with van der Waals surface area (Å²) in [5.41, 5.74) is 36.7. The van der Waals surface area contributed by atoms with Crippen LogP contribution in [-0.2, 0) is 27.6 Å². The van der Waals surface area contributed by atoms with Crippen LogP contribution in [0.4, 0.5) is 11.5 Å². The summed E-state index contributed by atoms with van der Waals surface area (Å²) in [6.07, 6.45) is 0.679. The number of hydrogen-bond acceptors (Lipinski definition) is 23. The van der Waals surface area contributed by atoms with Crippen molar-refractivity contribution >= 4 is 105 Å². The van der Waals surface area contributed by atoms with Gasteiger partial charge in [0.15, 0.2) is 63.6 Å². The number of halogens is 1. The van der Waals surface area contributed by atoms with E-state index in [1.807, 2.05) is 249 Å². The Morgan fingerprint density at radius 1 is 0.385 bits per heavy atom. The molecule has 0 fully saturated rings. The van der Waals surface area contributed by atoms with Gasteiger partial charge in [0.05, 0.1) is 93.4 Å². The number of benzene rings is 12. The maximum Gasteiger partial charge on any atom is 0.248 e. The van der Waals surface area contributed by atoms with E-state index < -0.39 is 5.91 Å². The Labute approximate surface area is 820 Å². The summed E-state index contributed by atoms with van der Waals surface area (Å²) in [5.74, 6) is 5.42. The van der Waals surface area contributed by atoms with Crippen molar-refractivity contribution in [3.8, 4) is 171 Å². The number of aliphatic imine (C=N–C) groups is 1. The highest BCUT2D eigenvalue weighted by Crippen LogP contribution is 2.45. The van der Waals surface area contributed by atoms with E-state index in [1.54, 1.807) is 74.1 Å². The van der Waals surface area contributed by atoms with Gasteiger partial charge in [-0.25, -0.2) is 29.9 Å². The predicted molar refractivity (Wildman–Crippen MR) is 553 cm³/mol. The lowest BCUT2D eigenvalue weighted by Crippen LogP contribution is -2.10. The maximum atomic E-state index is 11.3. The number of carbonyl (C=O) groups excluding carboxylic acids is 1. The fourth-order valence-corrected chi connectivity index (χ4v) is 17.2. The quantitative estimate of drug-likeness (QED) is 0.0427. The van der Waals surface area contributed by atoms with E-state index in [0.717, 1.165) is 128 Å². The number of nitrogens with two attached hydrogens (primary N) is 2. The van der Waals surface area contributed by atoms with Gasteiger partial charge in [-0.1, -0.05) is 204 Å².